The van der Waals surface area contributed by atoms with Gasteiger partial charge in [0, 0.05) is 18.8 Å². The number of carbonyl (C=O) groups excluding carboxylic acids is 1. The number of carbonyl (C=O) groups is 1. The number of hydrogen-bond acceptors (Lipinski definition) is 1. The van der Waals surface area contributed by atoms with Crippen LogP contribution in [-0.4, -0.2) is 5.78 Å². The first-order valence-corrected chi connectivity index (χ1v) is 5.31. The highest BCUT2D eigenvalue weighted by Crippen LogP contribution is 2.24. The molecule has 1 aliphatic carbocycles. The summed E-state index contributed by atoms with van der Waals surface area (Å²) in [6, 6.07) is 0. The van der Waals surface area contributed by atoms with Gasteiger partial charge in [-0.2, -0.15) is 0 Å². The van der Waals surface area contributed by atoms with Crippen molar-refractivity contribution in [3.05, 3.63) is 0 Å². The number of terminal acetylenes is 1. The van der Waals surface area contributed by atoms with Crippen LogP contribution in [0.25, 0.3) is 0 Å². The summed E-state index contributed by atoms with van der Waals surface area (Å²) < 4.78 is 0. The summed E-state index contributed by atoms with van der Waals surface area (Å²) >= 11 is 0. The van der Waals surface area contributed by atoms with Crippen molar-refractivity contribution < 1.29 is 4.79 Å². The summed E-state index contributed by atoms with van der Waals surface area (Å²) in [5.41, 5.74) is 0. The van der Waals surface area contributed by atoms with E-state index in [1.165, 1.54) is 25.7 Å². The van der Waals surface area contributed by atoms with Gasteiger partial charge in [-0.3, -0.25) is 4.79 Å². The molecule has 1 nitrogen and oxygen atoms in total. The third-order valence-corrected chi connectivity index (χ3v) is 2.83. The van der Waals surface area contributed by atoms with Crippen LogP contribution in [0.2, 0.25) is 0 Å². The smallest absolute Gasteiger partial charge is 0.136 e. The maximum Gasteiger partial charge on any atom is 0.136 e. The van der Waals surface area contributed by atoms with Crippen LogP contribution in [0.4, 0.5) is 0 Å². The van der Waals surface area contributed by atoms with Gasteiger partial charge in [0.05, 0.1) is 0 Å². The summed E-state index contributed by atoms with van der Waals surface area (Å²) in [5.74, 6) is 3.26. The molecule has 0 saturated heterocycles. The predicted octanol–water partition coefficient (Wildman–Crippen LogP) is 2.94. The van der Waals surface area contributed by atoms with Crippen LogP contribution in [0.3, 0.4) is 0 Å². The maximum atomic E-state index is 11.6. The summed E-state index contributed by atoms with van der Waals surface area (Å²) in [6.45, 7) is 0. The fourth-order valence-corrected chi connectivity index (χ4v) is 2.00. The Labute approximate surface area is 80.9 Å². The minimum absolute atomic E-state index is 0.329. The van der Waals surface area contributed by atoms with E-state index in [0.29, 0.717) is 24.5 Å². The topological polar surface area (TPSA) is 17.1 Å². The van der Waals surface area contributed by atoms with E-state index in [1.54, 1.807) is 0 Å². The van der Waals surface area contributed by atoms with Gasteiger partial charge < -0.3 is 0 Å². The normalized spacial score (nSPS) is 19.0. The summed E-state index contributed by atoms with van der Waals surface area (Å²) in [4.78, 5) is 11.6. The van der Waals surface area contributed by atoms with E-state index in [9.17, 15) is 4.79 Å². The Morgan fingerprint density at radius 2 is 1.85 bits per heavy atom. The van der Waals surface area contributed by atoms with E-state index >= 15 is 0 Å². The molecule has 0 bridgehead atoms. The van der Waals surface area contributed by atoms with Gasteiger partial charge in [-0.05, 0) is 12.8 Å². The molecule has 0 aliphatic heterocycles. The van der Waals surface area contributed by atoms with Gasteiger partial charge in [-0.1, -0.05) is 25.7 Å². The standard InChI is InChI=1S/C12H18O/c1-2-3-10-12(13)11-8-6-4-5-7-9-11/h1,11H,3-10H2. The molecular weight excluding hydrogens is 160 g/mol. The van der Waals surface area contributed by atoms with Gasteiger partial charge >= 0.3 is 0 Å². The molecule has 0 radical (unpaired) electrons. The molecule has 0 N–H and O–H groups in total. The van der Waals surface area contributed by atoms with E-state index in [1.807, 2.05) is 0 Å². The minimum atomic E-state index is 0.329. The Morgan fingerprint density at radius 1 is 1.23 bits per heavy atom. The number of rotatable bonds is 3. The van der Waals surface area contributed by atoms with E-state index in [-0.39, 0.29) is 0 Å². The highest BCUT2D eigenvalue weighted by atomic mass is 16.1. The van der Waals surface area contributed by atoms with E-state index in [4.69, 9.17) is 6.42 Å². The van der Waals surface area contributed by atoms with Gasteiger partial charge in [-0.25, -0.2) is 0 Å². The molecule has 0 spiro atoms. The highest BCUT2D eigenvalue weighted by molar-refractivity contribution is 5.81. The average Bonchev–Trinajstić information content (AvgIpc) is 2.42. The van der Waals surface area contributed by atoms with Gasteiger partial charge in [0.25, 0.3) is 0 Å². The van der Waals surface area contributed by atoms with Gasteiger partial charge in [0.2, 0.25) is 0 Å². The maximum absolute atomic E-state index is 11.6. The molecule has 0 aromatic heterocycles. The molecule has 0 aromatic carbocycles. The molecule has 0 heterocycles. The van der Waals surface area contributed by atoms with Crippen molar-refractivity contribution in [1.82, 2.24) is 0 Å². The highest BCUT2D eigenvalue weighted by Gasteiger charge is 2.18. The van der Waals surface area contributed by atoms with Crippen LogP contribution in [0.1, 0.15) is 51.4 Å². The molecule has 13 heavy (non-hydrogen) atoms. The van der Waals surface area contributed by atoms with Crippen LogP contribution in [0.5, 0.6) is 0 Å². The van der Waals surface area contributed by atoms with Crippen molar-refractivity contribution in [3.63, 3.8) is 0 Å². The number of Topliss-reactive ketones (excluding diaryl/α,β-unsaturated/α-hetero) is 1. The first-order chi connectivity index (χ1) is 6.34. The Kier molecular flexibility index (Phi) is 4.60. The molecule has 0 aromatic rings. The lowest BCUT2D eigenvalue weighted by molar-refractivity contribution is -0.123. The molecule has 1 rings (SSSR count). The van der Waals surface area contributed by atoms with Gasteiger partial charge in [0.15, 0.2) is 0 Å². The molecule has 1 heteroatoms. The lowest BCUT2D eigenvalue weighted by atomic mass is 9.93. The summed E-state index contributed by atoms with van der Waals surface area (Å²) in [6.07, 6.45) is 13.6. The van der Waals surface area contributed by atoms with Crippen LogP contribution >= 0.6 is 0 Å². The molecule has 1 aliphatic rings. The summed E-state index contributed by atoms with van der Waals surface area (Å²) in [7, 11) is 0. The van der Waals surface area contributed by atoms with Crippen LogP contribution in [0.15, 0.2) is 0 Å². The Morgan fingerprint density at radius 3 is 2.38 bits per heavy atom. The minimum Gasteiger partial charge on any atom is -0.299 e. The third-order valence-electron chi connectivity index (χ3n) is 2.83. The van der Waals surface area contributed by atoms with Crippen molar-refractivity contribution in [1.29, 1.82) is 0 Å². The first kappa shape index (κ1) is 10.3. The Bertz CT molecular complexity index is 192. The number of hydrogen-bond donors (Lipinski definition) is 0. The second-order valence-electron chi connectivity index (χ2n) is 3.86. The van der Waals surface area contributed by atoms with Gasteiger partial charge in [0.1, 0.15) is 5.78 Å². The van der Waals surface area contributed by atoms with E-state index in [0.717, 1.165) is 12.8 Å². The van der Waals surface area contributed by atoms with Crippen LogP contribution < -0.4 is 0 Å². The lowest BCUT2D eigenvalue weighted by Crippen LogP contribution is -2.13. The molecule has 72 valence electrons. The molecule has 0 unspecified atom stereocenters. The first-order valence-electron chi connectivity index (χ1n) is 5.31. The fourth-order valence-electron chi connectivity index (χ4n) is 2.00. The van der Waals surface area contributed by atoms with Crippen molar-refractivity contribution >= 4 is 5.78 Å². The molecule has 1 saturated carbocycles. The van der Waals surface area contributed by atoms with Crippen LogP contribution in [-0.2, 0) is 4.79 Å². The zero-order valence-corrected chi connectivity index (χ0v) is 8.22. The van der Waals surface area contributed by atoms with Crippen molar-refractivity contribution in [2.75, 3.05) is 0 Å². The molecule has 0 atom stereocenters. The van der Waals surface area contributed by atoms with Crippen LogP contribution in [0, 0.1) is 18.3 Å². The molecule has 0 amide bonds. The molecular formula is C12H18O. The van der Waals surface area contributed by atoms with E-state index in [2.05, 4.69) is 5.92 Å². The number of ketones is 1. The zero-order chi connectivity index (χ0) is 9.52. The fraction of sp³-hybridized carbons (Fsp3) is 0.750. The van der Waals surface area contributed by atoms with Crippen molar-refractivity contribution in [2.24, 2.45) is 5.92 Å². The Hall–Kier alpha value is -0.770. The SMILES string of the molecule is C#CCCC(=O)C1CCCCCC1. The largest absolute Gasteiger partial charge is 0.299 e. The monoisotopic (exact) mass is 178 g/mol. The van der Waals surface area contributed by atoms with Gasteiger partial charge in [-0.15, -0.1) is 12.3 Å². The predicted molar refractivity (Wildman–Crippen MR) is 54.3 cm³/mol. The van der Waals surface area contributed by atoms with Crippen molar-refractivity contribution in [2.45, 2.75) is 51.4 Å². The average molecular weight is 178 g/mol. The zero-order valence-electron chi connectivity index (χ0n) is 8.22. The van der Waals surface area contributed by atoms with Crippen molar-refractivity contribution in [3.8, 4) is 12.3 Å². The quantitative estimate of drug-likeness (QED) is 0.479. The second kappa shape index (κ2) is 5.80. The lowest BCUT2D eigenvalue weighted by Gasteiger charge is -2.10. The second-order valence-corrected chi connectivity index (χ2v) is 3.86. The summed E-state index contributed by atoms with van der Waals surface area (Å²) in [5, 5.41) is 0. The Balaban J connectivity index is 2.31. The molecule has 1 fully saturated rings. The van der Waals surface area contributed by atoms with E-state index < -0.39 is 0 Å². The third kappa shape index (κ3) is 3.63.